The number of rotatable bonds is 3. The average molecular weight is 341 g/mol. The van der Waals surface area contributed by atoms with Gasteiger partial charge in [0.05, 0.1) is 0 Å². The molecule has 1 aliphatic rings. The third-order valence-electron chi connectivity index (χ3n) is 4.18. The lowest BCUT2D eigenvalue weighted by Crippen LogP contribution is -2.31. The van der Waals surface area contributed by atoms with Gasteiger partial charge in [0.2, 0.25) is 5.13 Å². The molecule has 8 heteroatoms. The highest BCUT2D eigenvalue weighted by Gasteiger charge is 2.19. The molecule has 124 valence electrons. The van der Waals surface area contributed by atoms with Crippen molar-refractivity contribution in [1.82, 2.24) is 24.3 Å². The Kier molecular flexibility index (Phi) is 4.20. The Morgan fingerprint density at radius 1 is 1.00 bits per heavy atom. The highest BCUT2D eigenvalue weighted by atomic mass is 32.1. The summed E-state index contributed by atoms with van der Waals surface area (Å²) < 4.78 is 4.40. The van der Waals surface area contributed by atoms with E-state index >= 15 is 0 Å². The maximum absolute atomic E-state index is 4.66. The van der Waals surface area contributed by atoms with Crippen LogP contribution in [0.25, 0.3) is 11.2 Å². The minimum absolute atomic E-state index is 0.702. The van der Waals surface area contributed by atoms with Gasteiger partial charge in [0.15, 0.2) is 5.65 Å². The van der Waals surface area contributed by atoms with Gasteiger partial charge < -0.3 is 9.80 Å². The van der Waals surface area contributed by atoms with E-state index in [4.69, 9.17) is 0 Å². The Morgan fingerprint density at radius 2 is 1.83 bits per heavy atom. The fraction of sp³-hybridized carbons (Fsp3) is 0.438. The van der Waals surface area contributed by atoms with Gasteiger partial charge in [-0.3, -0.25) is 4.98 Å². The second-order valence-corrected chi connectivity index (χ2v) is 6.47. The number of hydrogen-bond acceptors (Lipinski definition) is 8. The summed E-state index contributed by atoms with van der Waals surface area (Å²) in [7, 11) is 0. The van der Waals surface area contributed by atoms with Gasteiger partial charge in [0, 0.05) is 56.5 Å². The van der Waals surface area contributed by atoms with E-state index in [0.29, 0.717) is 5.65 Å². The molecule has 1 fully saturated rings. The zero-order valence-corrected chi connectivity index (χ0v) is 14.4. The molecule has 0 N–H and O–H groups in total. The predicted octanol–water partition coefficient (Wildman–Crippen LogP) is 2.16. The van der Waals surface area contributed by atoms with E-state index in [1.165, 1.54) is 11.5 Å². The Hall–Kier alpha value is -2.35. The van der Waals surface area contributed by atoms with Crippen LogP contribution in [0.15, 0.2) is 24.5 Å². The van der Waals surface area contributed by atoms with Crippen molar-refractivity contribution in [2.75, 3.05) is 36.0 Å². The lowest BCUT2D eigenvalue weighted by atomic mass is 10.3. The second-order valence-electron chi connectivity index (χ2n) is 5.74. The first-order valence-electron chi connectivity index (χ1n) is 8.24. The van der Waals surface area contributed by atoms with Crippen LogP contribution in [-0.4, -0.2) is 50.5 Å². The first kappa shape index (κ1) is 15.2. The lowest BCUT2D eigenvalue weighted by molar-refractivity contribution is 0.797. The van der Waals surface area contributed by atoms with E-state index in [1.54, 1.807) is 12.4 Å². The Balaban J connectivity index is 1.51. The van der Waals surface area contributed by atoms with Gasteiger partial charge in [0.1, 0.15) is 17.2 Å². The van der Waals surface area contributed by atoms with Crippen LogP contribution in [0.3, 0.4) is 0 Å². The quantitative estimate of drug-likeness (QED) is 0.723. The molecular weight excluding hydrogens is 322 g/mol. The molecule has 3 aromatic rings. The molecule has 1 saturated heterocycles. The largest absolute Gasteiger partial charge is 0.355 e. The smallest absolute Gasteiger partial charge is 0.205 e. The van der Waals surface area contributed by atoms with Crippen LogP contribution >= 0.6 is 11.5 Å². The number of aromatic nitrogens is 5. The molecule has 0 aliphatic carbocycles. The molecule has 3 aromatic heterocycles. The molecule has 4 rings (SSSR count). The summed E-state index contributed by atoms with van der Waals surface area (Å²) in [4.78, 5) is 22.5. The van der Waals surface area contributed by atoms with Gasteiger partial charge in [-0.1, -0.05) is 6.92 Å². The van der Waals surface area contributed by atoms with Gasteiger partial charge in [-0.2, -0.15) is 4.37 Å². The number of aryl methyl sites for hydroxylation is 1. The SMILES string of the molecule is CCc1nsc(N2CCCN(c3ccc4nccnc4n3)CC2)n1. The van der Waals surface area contributed by atoms with Crippen LogP contribution in [0.5, 0.6) is 0 Å². The van der Waals surface area contributed by atoms with Crippen LogP contribution in [-0.2, 0) is 6.42 Å². The van der Waals surface area contributed by atoms with Crippen molar-refractivity contribution in [3.8, 4) is 0 Å². The standard InChI is InChI=1S/C16H19N7S/c1-2-13-19-16(24-21-13)23-9-3-8-22(10-11-23)14-5-4-12-15(20-14)18-7-6-17-12/h4-7H,2-3,8-11H2,1H3. The third kappa shape index (κ3) is 3.01. The molecule has 0 unspecified atom stereocenters. The normalized spacial score (nSPS) is 15.7. The molecular formula is C16H19N7S. The number of pyridine rings is 1. The van der Waals surface area contributed by atoms with Gasteiger partial charge in [-0.05, 0) is 18.6 Å². The Labute approximate surface area is 144 Å². The van der Waals surface area contributed by atoms with Crippen LogP contribution in [0.1, 0.15) is 19.2 Å². The van der Waals surface area contributed by atoms with E-state index in [2.05, 4.69) is 41.0 Å². The fourth-order valence-corrected chi connectivity index (χ4v) is 3.68. The summed E-state index contributed by atoms with van der Waals surface area (Å²) in [5, 5.41) is 1.03. The third-order valence-corrected chi connectivity index (χ3v) is 5.00. The Bertz CT molecular complexity index is 834. The van der Waals surface area contributed by atoms with Crippen molar-refractivity contribution in [3.63, 3.8) is 0 Å². The zero-order chi connectivity index (χ0) is 16.4. The van der Waals surface area contributed by atoms with Crippen molar-refractivity contribution < 1.29 is 0 Å². The predicted molar refractivity (Wildman–Crippen MR) is 95.7 cm³/mol. The highest BCUT2D eigenvalue weighted by Crippen LogP contribution is 2.22. The van der Waals surface area contributed by atoms with Gasteiger partial charge >= 0.3 is 0 Å². The van der Waals surface area contributed by atoms with Crippen LogP contribution in [0.4, 0.5) is 10.9 Å². The molecule has 4 heterocycles. The fourth-order valence-electron chi connectivity index (χ4n) is 2.88. The van der Waals surface area contributed by atoms with Crippen LogP contribution in [0.2, 0.25) is 0 Å². The van der Waals surface area contributed by atoms with E-state index in [0.717, 1.165) is 61.3 Å². The van der Waals surface area contributed by atoms with Gasteiger partial charge in [0.25, 0.3) is 0 Å². The molecule has 0 amide bonds. The average Bonchev–Trinajstić information content (AvgIpc) is 2.98. The minimum atomic E-state index is 0.702. The number of anilines is 2. The van der Waals surface area contributed by atoms with E-state index in [1.807, 2.05) is 12.1 Å². The number of fused-ring (bicyclic) bond motifs is 1. The molecule has 0 atom stereocenters. The summed E-state index contributed by atoms with van der Waals surface area (Å²) >= 11 is 1.50. The number of hydrogen-bond donors (Lipinski definition) is 0. The molecule has 1 aliphatic heterocycles. The summed E-state index contributed by atoms with van der Waals surface area (Å²) in [5.41, 5.74) is 1.53. The minimum Gasteiger partial charge on any atom is -0.355 e. The van der Waals surface area contributed by atoms with E-state index in [9.17, 15) is 0 Å². The zero-order valence-electron chi connectivity index (χ0n) is 13.6. The molecule has 7 nitrogen and oxygen atoms in total. The molecule has 24 heavy (non-hydrogen) atoms. The highest BCUT2D eigenvalue weighted by molar-refractivity contribution is 7.09. The summed E-state index contributed by atoms with van der Waals surface area (Å²) in [6.07, 6.45) is 5.34. The van der Waals surface area contributed by atoms with Crippen molar-refractivity contribution in [1.29, 1.82) is 0 Å². The van der Waals surface area contributed by atoms with Crippen LogP contribution < -0.4 is 9.80 Å². The first-order valence-corrected chi connectivity index (χ1v) is 9.01. The van der Waals surface area contributed by atoms with E-state index in [-0.39, 0.29) is 0 Å². The van der Waals surface area contributed by atoms with E-state index < -0.39 is 0 Å². The van der Waals surface area contributed by atoms with Crippen molar-refractivity contribution in [2.24, 2.45) is 0 Å². The molecule has 0 spiro atoms. The second kappa shape index (κ2) is 6.64. The monoisotopic (exact) mass is 341 g/mol. The van der Waals surface area contributed by atoms with Gasteiger partial charge in [-0.15, -0.1) is 0 Å². The summed E-state index contributed by atoms with van der Waals surface area (Å²) in [5.74, 6) is 1.90. The lowest BCUT2D eigenvalue weighted by Gasteiger charge is -2.22. The van der Waals surface area contributed by atoms with Crippen molar-refractivity contribution >= 4 is 33.6 Å². The Morgan fingerprint density at radius 3 is 2.71 bits per heavy atom. The molecule has 0 radical (unpaired) electrons. The van der Waals surface area contributed by atoms with Crippen molar-refractivity contribution in [3.05, 3.63) is 30.4 Å². The topological polar surface area (TPSA) is 70.9 Å². The molecule has 0 saturated carbocycles. The summed E-state index contributed by atoms with van der Waals surface area (Å²) in [6.45, 7) is 5.92. The molecule has 0 aromatic carbocycles. The first-order chi connectivity index (χ1) is 11.8. The van der Waals surface area contributed by atoms with Crippen LogP contribution in [0, 0.1) is 0 Å². The molecule has 0 bridgehead atoms. The number of nitrogens with zero attached hydrogens (tertiary/aromatic N) is 7. The van der Waals surface area contributed by atoms with Crippen molar-refractivity contribution in [2.45, 2.75) is 19.8 Å². The summed E-state index contributed by atoms with van der Waals surface area (Å²) in [6, 6.07) is 4.03. The maximum atomic E-state index is 4.66. The van der Waals surface area contributed by atoms with Gasteiger partial charge in [-0.25, -0.2) is 15.0 Å². The maximum Gasteiger partial charge on any atom is 0.205 e.